The number of imidazole rings is 1. The molecule has 2 aromatic heterocycles. The smallest absolute Gasteiger partial charge is 0.193 e. The van der Waals surface area contributed by atoms with Crippen LogP contribution in [-0.4, -0.2) is 47.1 Å². The van der Waals surface area contributed by atoms with E-state index in [1.807, 2.05) is 23.7 Å². The van der Waals surface area contributed by atoms with E-state index in [1.54, 1.807) is 0 Å². The van der Waals surface area contributed by atoms with Crippen LogP contribution >= 0.6 is 35.3 Å². The number of benzene rings is 1. The van der Waals surface area contributed by atoms with Crippen LogP contribution in [0, 0.1) is 0 Å². The van der Waals surface area contributed by atoms with E-state index in [1.165, 1.54) is 10.4 Å². The molecule has 0 aliphatic rings. The van der Waals surface area contributed by atoms with E-state index in [0.29, 0.717) is 0 Å². The molecule has 0 aliphatic carbocycles. The van der Waals surface area contributed by atoms with Crippen molar-refractivity contribution in [2.24, 2.45) is 4.99 Å². The minimum absolute atomic E-state index is 0. The van der Waals surface area contributed by atoms with Gasteiger partial charge >= 0.3 is 0 Å². The highest BCUT2D eigenvalue weighted by molar-refractivity contribution is 14.0. The van der Waals surface area contributed by atoms with E-state index in [9.17, 15) is 0 Å². The third kappa shape index (κ3) is 6.21. The lowest BCUT2D eigenvalue weighted by atomic mass is 10.3. The fraction of sp³-hybridized carbons (Fsp3) is 0.400. The lowest BCUT2D eigenvalue weighted by Crippen LogP contribution is -2.40. The molecule has 0 radical (unpaired) electrons. The second-order valence-corrected chi connectivity index (χ2v) is 7.30. The summed E-state index contributed by atoms with van der Waals surface area (Å²) < 4.78 is 2.21. The summed E-state index contributed by atoms with van der Waals surface area (Å²) in [5.74, 6) is 0.986. The molecule has 2 heterocycles. The molecule has 0 aliphatic heterocycles. The number of halogens is 1. The molecular weight excluding hydrogens is 469 g/mol. The Morgan fingerprint density at radius 3 is 2.89 bits per heavy atom. The summed E-state index contributed by atoms with van der Waals surface area (Å²) in [6.45, 7) is 5.70. The summed E-state index contributed by atoms with van der Waals surface area (Å²) in [5.41, 5.74) is 2.24. The van der Waals surface area contributed by atoms with Crippen molar-refractivity contribution >= 4 is 52.3 Å². The third-order valence-electron chi connectivity index (χ3n) is 4.32. The molecule has 7 heteroatoms. The molecule has 0 saturated heterocycles. The molecule has 0 unspecified atom stereocenters. The zero-order valence-corrected chi connectivity index (χ0v) is 19.1. The average molecular weight is 497 g/mol. The summed E-state index contributed by atoms with van der Waals surface area (Å²) in [6.07, 6.45) is 3.97. The molecule has 1 aromatic carbocycles. The highest BCUT2D eigenvalue weighted by Gasteiger charge is 2.06. The highest BCUT2D eigenvalue weighted by atomic mass is 127. The second-order valence-electron chi connectivity index (χ2n) is 6.27. The summed E-state index contributed by atoms with van der Waals surface area (Å²) in [4.78, 5) is 12.9. The molecule has 0 fully saturated rings. The number of aliphatic imine (C=N–C) groups is 1. The van der Waals surface area contributed by atoms with Crippen molar-refractivity contribution in [3.05, 3.63) is 53.0 Å². The lowest BCUT2D eigenvalue weighted by molar-refractivity contribution is 0.485. The Labute approximate surface area is 182 Å². The van der Waals surface area contributed by atoms with Crippen LogP contribution in [0.5, 0.6) is 0 Å². The largest absolute Gasteiger partial charge is 0.357 e. The van der Waals surface area contributed by atoms with Gasteiger partial charge in [0.15, 0.2) is 5.96 Å². The summed E-state index contributed by atoms with van der Waals surface area (Å²) in [7, 11) is 2.11. The van der Waals surface area contributed by atoms with Crippen LogP contribution in [0.1, 0.15) is 18.2 Å². The van der Waals surface area contributed by atoms with Gasteiger partial charge in [-0.05, 0) is 43.3 Å². The normalized spacial score (nSPS) is 11.4. The van der Waals surface area contributed by atoms with Crippen LogP contribution < -0.4 is 5.32 Å². The van der Waals surface area contributed by atoms with Gasteiger partial charge in [0.1, 0.15) is 0 Å². The highest BCUT2D eigenvalue weighted by Crippen LogP contribution is 2.12. The van der Waals surface area contributed by atoms with Crippen molar-refractivity contribution in [2.45, 2.75) is 26.3 Å². The summed E-state index contributed by atoms with van der Waals surface area (Å²) in [5, 5.41) is 5.53. The maximum atomic E-state index is 4.79. The van der Waals surface area contributed by atoms with Crippen molar-refractivity contribution in [1.82, 2.24) is 19.8 Å². The van der Waals surface area contributed by atoms with E-state index in [4.69, 9.17) is 4.99 Å². The molecular formula is C20H28IN5S. The van der Waals surface area contributed by atoms with Gasteiger partial charge < -0.3 is 14.8 Å². The Kier molecular flexibility index (Phi) is 9.06. The fourth-order valence-corrected chi connectivity index (χ4v) is 3.62. The van der Waals surface area contributed by atoms with Crippen molar-refractivity contribution in [3.8, 4) is 0 Å². The molecule has 3 rings (SSSR count). The van der Waals surface area contributed by atoms with Gasteiger partial charge in [0.2, 0.25) is 0 Å². The number of rotatable bonds is 8. The number of aromatic nitrogens is 2. The minimum Gasteiger partial charge on any atom is -0.357 e. The van der Waals surface area contributed by atoms with Crippen molar-refractivity contribution in [3.63, 3.8) is 0 Å². The fourth-order valence-electron chi connectivity index (χ4n) is 2.92. The van der Waals surface area contributed by atoms with Gasteiger partial charge in [0.05, 0.1) is 17.4 Å². The predicted molar refractivity (Wildman–Crippen MR) is 126 cm³/mol. The Morgan fingerprint density at radius 1 is 1.26 bits per heavy atom. The second kappa shape index (κ2) is 11.3. The SMILES string of the molecule is CCNC(=NCCCn1cnc2ccccc21)N(C)CCc1cccs1.I. The number of nitrogens with zero attached hydrogens (tertiary/aromatic N) is 4. The van der Waals surface area contributed by atoms with E-state index in [-0.39, 0.29) is 24.0 Å². The molecule has 27 heavy (non-hydrogen) atoms. The molecule has 5 nitrogen and oxygen atoms in total. The Hall–Kier alpha value is -1.61. The van der Waals surface area contributed by atoms with Gasteiger partial charge in [0, 0.05) is 38.1 Å². The monoisotopic (exact) mass is 497 g/mol. The number of hydrogen-bond acceptors (Lipinski definition) is 3. The first kappa shape index (κ1) is 21.7. The Bertz CT molecular complexity index is 828. The number of nitrogens with one attached hydrogen (secondary N) is 1. The van der Waals surface area contributed by atoms with E-state index in [2.05, 4.69) is 69.5 Å². The number of para-hydroxylation sites is 2. The first-order valence-corrected chi connectivity index (χ1v) is 10.1. The van der Waals surface area contributed by atoms with Gasteiger partial charge in [-0.15, -0.1) is 35.3 Å². The third-order valence-corrected chi connectivity index (χ3v) is 5.25. The predicted octanol–water partition coefficient (Wildman–Crippen LogP) is 4.25. The summed E-state index contributed by atoms with van der Waals surface area (Å²) in [6, 6.07) is 12.6. The lowest BCUT2D eigenvalue weighted by Gasteiger charge is -2.21. The van der Waals surface area contributed by atoms with E-state index in [0.717, 1.165) is 50.5 Å². The van der Waals surface area contributed by atoms with E-state index >= 15 is 0 Å². The first-order valence-electron chi connectivity index (χ1n) is 9.19. The van der Waals surface area contributed by atoms with Crippen LogP contribution in [0.2, 0.25) is 0 Å². The van der Waals surface area contributed by atoms with Crippen LogP contribution in [0.15, 0.2) is 53.1 Å². The van der Waals surface area contributed by atoms with Gasteiger partial charge in [0.25, 0.3) is 0 Å². The quantitative estimate of drug-likeness (QED) is 0.219. The molecule has 0 saturated carbocycles. The maximum Gasteiger partial charge on any atom is 0.193 e. The molecule has 0 amide bonds. The van der Waals surface area contributed by atoms with Crippen molar-refractivity contribution in [2.75, 3.05) is 26.7 Å². The van der Waals surface area contributed by atoms with Gasteiger partial charge in [-0.25, -0.2) is 4.98 Å². The van der Waals surface area contributed by atoms with Crippen LogP contribution in [0.25, 0.3) is 11.0 Å². The van der Waals surface area contributed by atoms with Gasteiger partial charge in [-0.1, -0.05) is 18.2 Å². The molecule has 3 aromatic rings. The van der Waals surface area contributed by atoms with Crippen LogP contribution in [0.3, 0.4) is 0 Å². The van der Waals surface area contributed by atoms with Gasteiger partial charge in [-0.3, -0.25) is 4.99 Å². The Morgan fingerprint density at radius 2 is 2.11 bits per heavy atom. The zero-order valence-electron chi connectivity index (χ0n) is 16.0. The molecule has 0 atom stereocenters. The number of aryl methyl sites for hydroxylation is 1. The number of thiophene rings is 1. The Balaban J connectivity index is 0.00000261. The first-order chi connectivity index (χ1) is 12.8. The van der Waals surface area contributed by atoms with Crippen LogP contribution in [0.4, 0.5) is 0 Å². The molecule has 0 spiro atoms. The van der Waals surface area contributed by atoms with E-state index < -0.39 is 0 Å². The van der Waals surface area contributed by atoms with Crippen molar-refractivity contribution in [1.29, 1.82) is 0 Å². The average Bonchev–Trinajstić information content (AvgIpc) is 3.32. The number of fused-ring (bicyclic) bond motifs is 1. The molecule has 1 N–H and O–H groups in total. The van der Waals surface area contributed by atoms with Crippen LogP contribution in [-0.2, 0) is 13.0 Å². The topological polar surface area (TPSA) is 45.5 Å². The number of likely N-dealkylation sites (N-methyl/N-ethyl adjacent to an activating group) is 1. The minimum atomic E-state index is 0. The molecule has 146 valence electrons. The van der Waals surface area contributed by atoms with Crippen molar-refractivity contribution < 1.29 is 0 Å². The molecule has 0 bridgehead atoms. The summed E-state index contributed by atoms with van der Waals surface area (Å²) >= 11 is 1.82. The zero-order chi connectivity index (χ0) is 18.2. The standard InChI is InChI=1S/C20H27N5S.HI/c1-3-21-20(24(2)14-11-17-8-6-15-26-17)22-12-7-13-25-16-23-18-9-4-5-10-19(18)25;/h4-6,8-10,15-16H,3,7,11-14H2,1-2H3,(H,21,22);1H. The number of guanidine groups is 1. The van der Waals surface area contributed by atoms with Gasteiger partial charge in [-0.2, -0.15) is 0 Å². The number of hydrogen-bond donors (Lipinski definition) is 1. The maximum absolute atomic E-state index is 4.79.